The van der Waals surface area contributed by atoms with Crippen molar-refractivity contribution in [2.75, 3.05) is 7.11 Å². The smallest absolute Gasteiger partial charge is 0.258 e. The lowest BCUT2D eigenvalue weighted by atomic mass is 10.5. The molecule has 4 nitrogen and oxygen atoms in total. The summed E-state index contributed by atoms with van der Waals surface area (Å²) in [5, 5.41) is 0. The Hall–Kier alpha value is -1.58. The Bertz CT molecular complexity index is 408. The molecule has 0 aliphatic carbocycles. The second-order valence-electron chi connectivity index (χ2n) is 2.53. The van der Waals surface area contributed by atoms with Crippen molar-refractivity contribution in [3.63, 3.8) is 0 Å². The molecule has 2 aromatic heterocycles. The summed E-state index contributed by atoms with van der Waals surface area (Å²) in [6, 6.07) is 0. The number of hydrogen-bond acceptors (Lipinski definition) is 3. The summed E-state index contributed by atoms with van der Waals surface area (Å²) in [6.45, 7) is 1.99. The van der Waals surface area contributed by atoms with E-state index in [1.165, 1.54) is 0 Å². The fraction of sp³-hybridized carbons (Fsp3) is 0.250. The van der Waals surface area contributed by atoms with Gasteiger partial charge in [-0.25, -0.2) is 9.97 Å². The first-order chi connectivity index (χ1) is 5.83. The Kier molecular flexibility index (Phi) is 1.46. The van der Waals surface area contributed by atoms with Crippen LogP contribution in [-0.2, 0) is 0 Å². The molecular weight excluding hydrogens is 154 g/mol. The first kappa shape index (κ1) is 7.09. The van der Waals surface area contributed by atoms with Crippen LogP contribution in [0.5, 0.6) is 5.88 Å². The Balaban J connectivity index is 2.81. The zero-order valence-corrected chi connectivity index (χ0v) is 6.98. The summed E-state index contributed by atoms with van der Waals surface area (Å²) in [5.41, 5.74) is 1.84. The lowest BCUT2D eigenvalue weighted by Crippen LogP contribution is -1.93. The summed E-state index contributed by atoms with van der Waals surface area (Å²) in [5.74, 6) is 0.561. The number of imidazole rings is 1. The summed E-state index contributed by atoms with van der Waals surface area (Å²) >= 11 is 0. The predicted molar refractivity (Wildman–Crippen MR) is 44.3 cm³/mol. The predicted octanol–water partition coefficient (Wildman–Crippen LogP) is 1.05. The van der Waals surface area contributed by atoms with Crippen molar-refractivity contribution in [2.45, 2.75) is 6.92 Å². The summed E-state index contributed by atoms with van der Waals surface area (Å²) in [6.07, 6.45) is 5.35. The Morgan fingerprint density at radius 2 is 2.25 bits per heavy atom. The maximum atomic E-state index is 5.05. The van der Waals surface area contributed by atoms with Crippen LogP contribution >= 0.6 is 0 Å². The zero-order valence-electron chi connectivity index (χ0n) is 6.98. The van der Waals surface area contributed by atoms with Gasteiger partial charge in [0.25, 0.3) is 5.88 Å². The van der Waals surface area contributed by atoms with Gasteiger partial charge in [0.15, 0.2) is 0 Å². The van der Waals surface area contributed by atoms with Crippen LogP contribution in [0.15, 0.2) is 18.6 Å². The first-order valence-electron chi connectivity index (χ1n) is 3.65. The fourth-order valence-corrected chi connectivity index (χ4v) is 1.16. The number of hydrogen-bond donors (Lipinski definition) is 0. The third kappa shape index (κ3) is 0.845. The topological polar surface area (TPSA) is 39.4 Å². The third-order valence-electron chi connectivity index (χ3n) is 1.77. The van der Waals surface area contributed by atoms with E-state index in [2.05, 4.69) is 9.97 Å². The van der Waals surface area contributed by atoms with Crippen molar-refractivity contribution in [3.8, 4) is 5.88 Å². The van der Waals surface area contributed by atoms with E-state index in [-0.39, 0.29) is 0 Å². The third-order valence-corrected chi connectivity index (χ3v) is 1.77. The maximum Gasteiger partial charge on any atom is 0.258 e. The monoisotopic (exact) mass is 163 g/mol. The van der Waals surface area contributed by atoms with E-state index in [9.17, 15) is 0 Å². The molecule has 4 heteroatoms. The highest BCUT2D eigenvalue weighted by atomic mass is 16.5. The Labute approximate surface area is 69.8 Å². The summed E-state index contributed by atoms with van der Waals surface area (Å²) in [7, 11) is 1.59. The summed E-state index contributed by atoms with van der Waals surface area (Å²) < 4.78 is 6.98. The van der Waals surface area contributed by atoms with Gasteiger partial charge in [-0.3, -0.25) is 4.40 Å². The van der Waals surface area contributed by atoms with E-state index < -0.39 is 0 Å². The van der Waals surface area contributed by atoms with E-state index in [1.807, 2.05) is 17.5 Å². The van der Waals surface area contributed by atoms with E-state index in [0.29, 0.717) is 5.88 Å². The number of aryl methyl sites for hydroxylation is 1. The number of nitrogens with zero attached hydrogens (tertiary/aromatic N) is 3. The van der Waals surface area contributed by atoms with Crippen molar-refractivity contribution in [1.29, 1.82) is 0 Å². The molecule has 0 fully saturated rings. The molecule has 0 unspecified atom stereocenters. The van der Waals surface area contributed by atoms with Crippen LogP contribution in [0.2, 0.25) is 0 Å². The molecule has 12 heavy (non-hydrogen) atoms. The van der Waals surface area contributed by atoms with Crippen LogP contribution < -0.4 is 4.74 Å². The van der Waals surface area contributed by atoms with Gasteiger partial charge in [0.05, 0.1) is 7.11 Å². The molecular formula is C8H9N3O. The second kappa shape index (κ2) is 2.48. The summed E-state index contributed by atoms with van der Waals surface area (Å²) in [4.78, 5) is 8.20. The molecule has 62 valence electrons. The molecule has 0 N–H and O–H groups in total. The quantitative estimate of drug-likeness (QED) is 0.630. The fourth-order valence-electron chi connectivity index (χ4n) is 1.16. The number of fused-ring (bicyclic) bond motifs is 1. The maximum absolute atomic E-state index is 5.05. The molecule has 2 aromatic rings. The van der Waals surface area contributed by atoms with Crippen LogP contribution in [0.1, 0.15) is 5.69 Å². The second-order valence-corrected chi connectivity index (χ2v) is 2.53. The van der Waals surface area contributed by atoms with Crippen LogP contribution in [0, 0.1) is 6.92 Å². The highest BCUT2D eigenvalue weighted by Gasteiger charge is 2.04. The van der Waals surface area contributed by atoms with Gasteiger partial charge in [0, 0.05) is 24.3 Å². The van der Waals surface area contributed by atoms with Crippen LogP contribution in [0.25, 0.3) is 5.65 Å². The van der Waals surface area contributed by atoms with Gasteiger partial charge in [-0.2, -0.15) is 0 Å². The molecule has 2 rings (SSSR count). The van der Waals surface area contributed by atoms with Gasteiger partial charge >= 0.3 is 0 Å². The largest absolute Gasteiger partial charge is 0.478 e. The van der Waals surface area contributed by atoms with Crippen molar-refractivity contribution in [2.24, 2.45) is 0 Å². The normalized spacial score (nSPS) is 10.5. The van der Waals surface area contributed by atoms with Gasteiger partial charge < -0.3 is 4.74 Å². The molecule has 0 saturated carbocycles. The van der Waals surface area contributed by atoms with Gasteiger partial charge in [-0.1, -0.05) is 0 Å². The van der Waals surface area contributed by atoms with Gasteiger partial charge in [-0.15, -0.1) is 0 Å². The van der Waals surface area contributed by atoms with E-state index >= 15 is 0 Å². The van der Waals surface area contributed by atoms with Crippen LogP contribution in [0.4, 0.5) is 0 Å². The molecule has 0 aliphatic heterocycles. The van der Waals surface area contributed by atoms with Gasteiger partial charge in [-0.05, 0) is 6.92 Å². The lowest BCUT2D eigenvalue weighted by molar-refractivity contribution is 0.400. The standard InChI is InChI=1S/C8H9N3O/c1-6-5-10-7-8(12-2)9-3-4-11(6)7/h3-5H,1-2H3. The average molecular weight is 163 g/mol. The van der Waals surface area contributed by atoms with Gasteiger partial charge in [0.2, 0.25) is 5.65 Å². The van der Waals surface area contributed by atoms with E-state index in [0.717, 1.165) is 11.3 Å². The van der Waals surface area contributed by atoms with Gasteiger partial charge in [0.1, 0.15) is 0 Å². The Morgan fingerprint density at radius 1 is 1.42 bits per heavy atom. The molecule has 0 aromatic carbocycles. The molecule has 0 spiro atoms. The molecule has 0 bridgehead atoms. The molecule has 0 amide bonds. The van der Waals surface area contributed by atoms with Crippen molar-refractivity contribution >= 4 is 5.65 Å². The van der Waals surface area contributed by atoms with Crippen molar-refractivity contribution in [3.05, 3.63) is 24.3 Å². The minimum absolute atomic E-state index is 0.561. The number of methoxy groups -OCH3 is 1. The van der Waals surface area contributed by atoms with Crippen LogP contribution in [-0.4, -0.2) is 21.5 Å². The lowest BCUT2D eigenvalue weighted by Gasteiger charge is -1.99. The minimum Gasteiger partial charge on any atom is -0.478 e. The van der Waals surface area contributed by atoms with Crippen molar-refractivity contribution < 1.29 is 4.74 Å². The number of rotatable bonds is 1. The molecule has 0 radical (unpaired) electrons. The van der Waals surface area contributed by atoms with Crippen molar-refractivity contribution in [1.82, 2.24) is 14.4 Å². The molecule has 0 saturated heterocycles. The minimum atomic E-state index is 0.561. The van der Waals surface area contributed by atoms with E-state index in [4.69, 9.17) is 4.74 Å². The molecule has 2 heterocycles. The molecule has 0 atom stereocenters. The molecule has 0 aliphatic rings. The Morgan fingerprint density at radius 3 is 3.00 bits per heavy atom. The zero-order chi connectivity index (χ0) is 8.55. The highest BCUT2D eigenvalue weighted by Crippen LogP contribution is 2.14. The average Bonchev–Trinajstić information content (AvgIpc) is 2.48. The van der Waals surface area contributed by atoms with Crippen LogP contribution in [0.3, 0.4) is 0 Å². The first-order valence-corrected chi connectivity index (χ1v) is 3.65. The highest BCUT2D eigenvalue weighted by molar-refractivity contribution is 5.49. The number of ether oxygens (including phenoxy) is 1. The number of aromatic nitrogens is 3. The SMILES string of the molecule is COc1nccn2c(C)cnc12. The van der Waals surface area contributed by atoms with E-state index in [1.54, 1.807) is 19.5 Å².